The van der Waals surface area contributed by atoms with Gasteiger partial charge in [0, 0.05) is 13.0 Å². The zero-order valence-corrected chi connectivity index (χ0v) is 10.0. The van der Waals surface area contributed by atoms with Crippen molar-refractivity contribution in [3.05, 3.63) is 28.8 Å². The number of hydrogen-bond acceptors (Lipinski definition) is 2. The third-order valence-corrected chi connectivity index (χ3v) is 3.73. The average molecular weight is 217 g/mol. The summed E-state index contributed by atoms with van der Waals surface area (Å²) in [5.74, 6) is 1.85. The van der Waals surface area contributed by atoms with Crippen molar-refractivity contribution in [2.75, 3.05) is 13.1 Å². The Labute approximate surface area is 97.0 Å². The smallest absolute Gasteiger partial charge is 0.125 e. The zero-order valence-electron chi connectivity index (χ0n) is 10.0. The van der Waals surface area contributed by atoms with E-state index in [4.69, 9.17) is 4.74 Å². The van der Waals surface area contributed by atoms with Gasteiger partial charge >= 0.3 is 0 Å². The standard InChI is InChI=1S/C14H19NO/c1-9-5-12(11-3-4-15-8-11)7-13-6-10(2)16-14(9)13/h5,7,10-11,15H,3-4,6,8H2,1-2H3. The normalized spacial score (nSPS) is 27.9. The Morgan fingerprint density at radius 3 is 3.00 bits per heavy atom. The van der Waals surface area contributed by atoms with Crippen LogP contribution in [0.3, 0.4) is 0 Å². The molecule has 0 aliphatic carbocycles. The molecule has 1 aromatic carbocycles. The van der Waals surface area contributed by atoms with E-state index in [2.05, 4.69) is 31.3 Å². The van der Waals surface area contributed by atoms with E-state index in [1.165, 1.54) is 23.1 Å². The van der Waals surface area contributed by atoms with Gasteiger partial charge in [0.05, 0.1) is 0 Å². The third-order valence-electron chi connectivity index (χ3n) is 3.73. The summed E-state index contributed by atoms with van der Waals surface area (Å²) in [4.78, 5) is 0. The van der Waals surface area contributed by atoms with Gasteiger partial charge in [-0.15, -0.1) is 0 Å². The molecule has 1 aromatic rings. The Bertz CT molecular complexity index is 407. The average Bonchev–Trinajstić information content (AvgIpc) is 2.84. The van der Waals surface area contributed by atoms with Crippen molar-refractivity contribution in [2.24, 2.45) is 0 Å². The van der Waals surface area contributed by atoms with Crippen LogP contribution in [0, 0.1) is 6.92 Å². The van der Waals surface area contributed by atoms with E-state index >= 15 is 0 Å². The Hall–Kier alpha value is -1.02. The van der Waals surface area contributed by atoms with Gasteiger partial charge < -0.3 is 10.1 Å². The van der Waals surface area contributed by atoms with E-state index in [0.717, 1.165) is 25.3 Å². The van der Waals surface area contributed by atoms with Crippen molar-refractivity contribution < 1.29 is 4.74 Å². The van der Waals surface area contributed by atoms with Gasteiger partial charge in [-0.1, -0.05) is 12.1 Å². The highest BCUT2D eigenvalue weighted by molar-refractivity contribution is 5.47. The molecule has 1 N–H and O–H groups in total. The summed E-state index contributed by atoms with van der Waals surface area (Å²) in [7, 11) is 0. The lowest BCUT2D eigenvalue weighted by Gasteiger charge is -2.12. The summed E-state index contributed by atoms with van der Waals surface area (Å²) in [5, 5.41) is 3.44. The number of nitrogens with one attached hydrogen (secondary N) is 1. The SMILES string of the molecule is Cc1cc(C2CCNC2)cc2c1OC(C)C2. The lowest BCUT2D eigenvalue weighted by molar-refractivity contribution is 0.253. The van der Waals surface area contributed by atoms with E-state index in [-0.39, 0.29) is 0 Å². The fourth-order valence-electron chi connectivity index (χ4n) is 2.92. The summed E-state index contributed by atoms with van der Waals surface area (Å²) in [6.45, 7) is 6.61. The molecule has 1 saturated heterocycles. The fourth-order valence-corrected chi connectivity index (χ4v) is 2.92. The lowest BCUT2D eigenvalue weighted by atomic mass is 9.93. The van der Waals surface area contributed by atoms with Crippen LogP contribution in [0.4, 0.5) is 0 Å². The molecule has 0 bridgehead atoms. The van der Waals surface area contributed by atoms with Gasteiger partial charge in [0.1, 0.15) is 11.9 Å². The minimum atomic E-state index is 0.352. The Kier molecular flexibility index (Phi) is 2.40. The molecule has 1 fully saturated rings. The van der Waals surface area contributed by atoms with Crippen LogP contribution < -0.4 is 10.1 Å². The van der Waals surface area contributed by atoms with Crippen molar-refractivity contribution in [2.45, 2.75) is 38.7 Å². The summed E-state index contributed by atoms with van der Waals surface area (Å²) in [6.07, 6.45) is 2.70. The molecule has 0 radical (unpaired) electrons. The first kappa shape index (κ1) is 10.2. The van der Waals surface area contributed by atoms with Gasteiger partial charge in [-0.25, -0.2) is 0 Å². The second-order valence-electron chi connectivity index (χ2n) is 5.15. The maximum Gasteiger partial charge on any atom is 0.125 e. The molecule has 3 rings (SSSR count). The summed E-state index contributed by atoms with van der Waals surface area (Å²) < 4.78 is 5.84. The number of fused-ring (bicyclic) bond motifs is 1. The van der Waals surface area contributed by atoms with Crippen LogP contribution in [0.1, 0.15) is 36.0 Å². The van der Waals surface area contributed by atoms with Crippen LogP contribution in [0.2, 0.25) is 0 Å². The number of aryl methyl sites for hydroxylation is 1. The van der Waals surface area contributed by atoms with Crippen molar-refractivity contribution in [3.63, 3.8) is 0 Å². The van der Waals surface area contributed by atoms with Gasteiger partial charge in [-0.3, -0.25) is 0 Å². The third kappa shape index (κ3) is 1.61. The molecule has 0 aromatic heterocycles. The molecule has 0 amide bonds. The molecule has 2 unspecified atom stereocenters. The Morgan fingerprint density at radius 2 is 2.25 bits per heavy atom. The van der Waals surface area contributed by atoms with Crippen LogP contribution in [0.15, 0.2) is 12.1 Å². The maximum atomic E-state index is 5.84. The van der Waals surface area contributed by atoms with Gasteiger partial charge in [0.2, 0.25) is 0 Å². The minimum Gasteiger partial charge on any atom is -0.490 e. The molecule has 2 aliphatic rings. The maximum absolute atomic E-state index is 5.84. The number of ether oxygens (including phenoxy) is 1. The van der Waals surface area contributed by atoms with E-state index < -0.39 is 0 Å². The van der Waals surface area contributed by atoms with Crippen LogP contribution in [0.5, 0.6) is 5.75 Å². The van der Waals surface area contributed by atoms with E-state index in [0.29, 0.717) is 12.0 Å². The number of benzene rings is 1. The quantitative estimate of drug-likeness (QED) is 0.780. The van der Waals surface area contributed by atoms with Crippen LogP contribution in [0.25, 0.3) is 0 Å². The molecule has 2 atom stereocenters. The topological polar surface area (TPSA) is 21.3 Å². The van der Waals surface area contributed by atoms with Crippen LogP contribution in [-0.2, 0) is 6.42 Å². The van der Waals surface area contributed by atoms with E-state index in [1.807, 2.05) is 0 Å². The zero-order chi connectivity index (χ0) is 11.1. The molecular weight excluding hydrogens is 198 g/mol. The summed E-state index contributed by atoms with van der Waals surface area (Å²) >= 11 is 0. The van der Waals surface area contributed by atoms with Crippen LogP contribution in [-0.4, -0.2) is 19.2 Å². The first-order valence-corrected chi connectivity index (χ1v) is 6.25. The molecule has 2 heteroatoms. The molecular formula is C14H19NO. The highest BCUT2D eigenvalue weighted by Crippen LogP contribution is 2.36. The van der Waals surface area contributed by atoms with Crippen molar-refractivity contribution in [1.82, 2.24) is 5.32 Å². The molecule has 2 heterocycles. The Morgan fingerprint density at radius 1 is 1.38 bits per heavy atom. The molecule has 2 nitrogen and oxygen atoms in total. The number of hydrogen-bond donors (Lipinski definition) is 1. The molecule has 86 valence electrons. The highest BCUT2D eigenvalue weighted by Gasteiger charge is 2.24. The van der Waals surface area contributed by atoms with E-state index in [1.54, 1.807) is 0 Å². The lowest BCUT2D eigenvalue weighted by Crippen LogP contribution is -2.08. The minimum absolute atomic E-state index is 0.352. The van der Waals surface area contributed by atoms with Crippen molar-refractivity contribution >= 4 is 0 Å². The van der Waals surface area contributed by atoms with Crippen molar-refractivity contribution in [1.29, 1.82) is 0 Å². The van der Waals surface area contributed by atoms with Gasteiger partial charge in [-0.05, 0) is 49.4 Å². The van der Waals surface area contributed by atoms with E-state index in [9.17, 15) is 0 Å². The predicted octanol–water partition coefficient (Wildman–Crippen LogP) is 2.40. The van der Waals surface area contributed by atoms with Crippen molar-refractivity contribution in [3.8, 4) is 5.75 Å². The largest absolute Gasteiger partial charge is 0.490 e. The monoisotopic (exact) mass is 217 g/mol. The first-order valence-electron chi connectivity index (χ1n) is 6.25. The second kappa shape index (κ2) is 3.77. The van der Waals surface area contributed by atoms with Gasteiger partial charge in [0.15, 0.2) is 0 Å². The molecule has 2 aliphatic heterocycles. The molecule has 0 spiro atoms. The van der Waals surface area contributed by atoms with Gasteiger partial charge in [0.25, 0.3) is 0 Å². The number of rotatable bonds is 1. The molecule has 16 heavy (non-hydrogen) atoms. The van der Waals surface area contributed by atoms with Crippen LogP contribution >= 0.6 is 0 Å². The van der Waals surface area contributed by atoms with Gasteiger partial charge in [-0.2, -0.15) is 0 Å². The highest BCUT2D eigenvalue weighted by atomic mass is 16.5. The second-order valence-corrected chi connectivity index (χ2v) is 5.15. The summed E-state index contributed by atoms with van der Waals surface area (Å²) in [5.41, 5.74) is 4.22. The Balaban J connectivity index is 1.97. The fraction of sp³-hybridized carbons (Fsp3) is 0.571. The molecule has 0 saturated carbocycles. The predicted molar refractivity (Wildman–Crippen MR) is 65.2 cm³/mol. The first-order chi connectivity index (χ1) is 7.74. The summed E-state index contributed by atoms with van der Waals surface area (Å²) in [6, 6.07) is 4.68.